The molecule has 0 bridgehead atoms. The van der Waals surface area contributed by atoms with Gasteiger partial charge >= 0.3 is 0 Å². The highest BCUT2D eigenvalue weighted by atomic mass is 19.1. The molecule has 0 aromatic heterocycles. The number of carbonyl (C=O) groups is 3. The molecule has 0 aliphatic carbocycles. The Morgan fingerprint density at radius 1 is 1.03 bits per heavy atom. The van der Waals surface area contributed by atoms with Crippen molar-refractivity contribution in [3.8, 4) is 0 Å². The second-order valence-corrected chi connectivity index (χ2v) is 9.00. The lowest BCUT2D eigenvalue weighted by atomic mass is 9.95. The predicted molar refractivity (Wildman–Crippen MR) is 135 cm³/mol. The molecule has 3 atom stereocenters. The van der Waals surface area contributed by atoms with Crippen molar-refractivity contribution >= 4 is 18.1 Å². The van der Waals surface area contributed by atoms with Crippen molar-refractivity contribution in [3.63, 3.8) is 0 Å². The summed E-state index contributed by atoms with van der Waals surface area (Å²) < 4.78 is 25.7. The summed E-state index contributed by atoms with van der Waals surface area (Å²) in [4.78, 5) is 35.1. The minimum atomic E-state index is -0.729. The number of halogens is 2. The van der Waals surface area contributed by atoms with E-state index in [1.165, 1.54) is 31.7 Å². The zero-order chi connectivity index (χ0) is 26.4. The fourth-order valence-corrected chi connectivity index (χ4v) is 3.51. The first-order valence-corrected chi connectivity index (χ1v) is 12.0. The first-order valence-electron chi connectivity index (χ1n) is 12.0. The molecule has 0 spiro atoms. The highest BCUT2D eigenvalue weighted by Crippen LogP contribution is 2.25. The van der Waals surface area contributed by atoms with E-state index in [2.05, 4.69) is 31.3 Å². The van der Waals surface area contributed by atoms with Gasteiger partial charge in [-0.25, -0.2) is 8.78 Å². The molecule has 7 heteroatoms. The van der Waals surface area contributed by atoms with E-state index in [9.17, 15) is 23.2 Å². The molecule has 35 heavy (non-hydrogen) atoms. The summed E-state index contributed by atoms with van der Waals surface area (Å²) in [6.45, 7) is 7.43. The summed E-state index contributed by atoms with van der Waals surface area (Å²) in [6, 6.07) is 12.8. The summed E-state index contributed by atoms with van der Waals surface area (Å²) in [6.07, 6.45) is 5.47. The summed E-state index contributed by atoms with van der Waals surface area (Å²) in [5.41, 5.74) is 1.46. The third kappa shape index (κ3) is 11.7. The Morgan fingerprint density at radius 2 is 1.63 bits per heavy atom. The zero-order valence-corrected chi connectivity index (χ0v) is 21.4. The van der Waals surface area contributed by atoms with Crippen molar-refractivity contribution in [3.05, 3.63) is 71.3 Å². The molecule has 3 unspecified atom stereocenters. The van der Waals surface area contributed by atoms with Crippen LogP contribution in [0.15, 0.2) is 48.5 Å². The number of Topliss-reactive ketones (excluding diaryl/α,β-unsaturated/α-hetero) is 1. The number of hydrogen-bond donors (Lipinski definition) is 1. The van der Waals surface area contributed by atoms with Gasteiger partial charge in [-0.2, -0.15) is 0 Å². The second-order valence-electron chi connectivity index (χ2n) is 9.00. The Morgan fingerprint density at radius 3 is 2.14 bits per heavy atom. The topological polar surface area (TPSA) is 66.5 Å². The Kier molecular flexibility index (Phi) is 13.5. The predicted octanol–water partition coefficient (Wildman–Crippen LogP) is 5.63. The largest absolute Gasteiger partial charge is 0.346 e. The lowest BCUT2D eigenvalue weighted by molar-refractivity contribution is -0.126. The highest BCUT2D eigenvalue weighted by molar-refractivity contribution is 5.87. The van der Waals surface area contributed by atoms with Gasteiger partial charge in [-0.3, -0.25) is 14.4 Å². The molecule has 0 radical (unpaired) electrons. The molecule has 1 N–H and O–H groups in total. The summed E-state index contributed by atoms with van der Waals surface area (Å²) >= 11 is 0. The summed E-state index contributed by atoms with van der Waals surface area (Å²) in [5.74, 6) is -1.30. The molecule has 2 rings (SSSR count). The molecule has 192 valence electrons. The second kappa shape index (κ2) is 15.7. The molecule has 0 heterocycles. The van der Waals surface area contributed by atoms with E-state index in [0.717, 1.165) is 36.9 Å². The minimum absolute atomic E-state index is 0.160. The van der Waals surface area contributed by atoms with Gasteiger partial charge in [0.15, 0.2) is 5.78 Å². The van der Waals surface area contributed by atoms with Crippen LogP contribution in [0.1, 0.15) is 70.5 Å². The van der Waals surface area contributed by atoms with E-state index in [4.69, 9.17) is 0 Å². The van der Waals surface area contributed by atoms with Crippen LogP contribution in [0.2, 0.25) is 0 Å². The quantitative estimate of drug-likeness (QED) is 0.394. The minimum Gasteiger partial charge on any atom is -0.346 e. The number of hydrogen-bond acceptors (Lipinski definition) is 3. The molecule has 5 nitrogen and oxygen atoms in total. The van der Waals surface area contributed by atoms with Gasteiger partial charge in [0.2, 0.25) is 12.3 Å². The molecule has 2 amide bonds. The third-order valence-corrected chi connectivity index (χ3v) is 5.99. The van der Waals surface area contributed by atoms with Crippen LogP contribution in [0, 0.1) is 17.6 Å². The van der Waals surface area contributed by atoms with Crippen LogP contribution in [0.4, 0.5) is 8.78 Å². The van der Waals surface area contributed by atoms with Gasteiger partial charge in [0, 0.05) is 13.1 Å². The molecule has 0 aliphatic heterocycles. The van der Waals surface area contributed by atoms with Crippen LogP contribution in [-0.4, -0.2) is 36.1 Å². The summed E-state index contributed by atoms with van der Waals surface area (Å²) in [7, 11) is 1.87. The summed E-state index contributed by atoms with van der Waals surface area (Å²) in [5, 5.41) is 2.43. The van der Waals surface area contributed by atoms with Crippen LogP contribution in [0.3, 0.4) is 0 Å². The smallest absolute Gasteiger partial charge is 0.224 e. The Labute approximate surface area is 207 Å². The monoisotopic (exact) mass is 488 g/mol. The number of nitrogens with one attached hydrogen (secondary N) is 1. The van der Waals surface area contributed by atoms with Crippen molar-refractivity contribution in [1.29, 1.82) is 0 Å². The molecular weight excluding hydrogens is 450 g/mol. The Bertz CT molecular complexity index is 917. The average Bonchev–Trinajstić information content (AvgIpc) is 2.81. The van der Waals surface area contributed by atoms with Gasteiger partial charge < -0.3 is 10.2 Å². The van der Waals surface area contributed by atoms with E-state index < -0.39 is 23.6 Å². The molecule has 0 saturated carbocycles. The van der Waals surface area contributed by atoms with Crippen LogP contribution < -0.4 is 5.32 Å². The maximum atomic E-state index is 12.8. The maximum Gasteiger partial charge on any atom is 0.224 e. The van der Waals surface area contributed by atoms with E-state index in [0.29, 0.717) is 0 Å². The molecule has 0 saturated heterocycles. The van der Waals surface area contributed by atoms with Crippen LogP contribution in [0.25, 0.3) is 0 Å². The van der Waals surface area contributed by atoms with Crippen molar-refractivity contribution in [1.82, 2.24) is 10.2 Å². The van der Waals surface area contributed by atoms with Gasteiger partial charge in [-0.1, -0.05) is 63.4 Å². The van der Waals surface area contributed by atoms with E-state index >= 15 is 0 Å². The Hall–Kier alpha value is -3.09. The van der Waals surface area contributed by atoms with Crippen LogP contribution in [-0.2, 0) is 20.8 Å². The number of ketones is 1. The first-order chi connectivity index (χ1) is 16.6. The number of carbonyl (C=O) groups excluding carboxylic acids is 3. The van der Waals surface area contributed by atoms with Gasteiger partial charge in [0.1, 0.15) is 11.6 Å². The average molecular weight is 489 g/mol. The van der Waals surface area contributed by atoms with E-state index in [1.807, 2.05) is 25.2 Å². The van der Waals surface area contributed by atoms with Gasteiger partial charge in [0.25, 0.3) is 0 Å². The van der Waals surface area contributed by atoms with Crippen LogP contribution in [0.5, 0.6) is 0 Å². The van der Waals surface area contributed by atoms with Crippen molar-refractivity contribution in [2.75, 3.05) is 7.05 Å². The Balaban J connectivity index is 0.000000351. The van der Waals surface area contributed by atoms with Gasteiger partial charge in [-0.15, -0.1) is 0 Å². The lowest BCUT2D eigenvalue weighted by Crippen LogP contribution is -2.38. The van der Waals surface area contributed by atoms with Gasteiger partial charge in [-0.05, 0) is 49.4 Å². The number of amides is 2. The molecular formula is C28H38F2N2O3. The number of benzene rings is 2. The first kappa shape index (κ1) is 29.9. The van der Waals surface area contributed by atoms with E-state index in [1.54, 1.807) is 11.8 Å². The highest BCUT2D eigenvalue weighted by Gasteiger charge is 2.15. The van der Waals surface area contributed by atoms with Gasteiger partial charge in [0.05, 0.1) is 18.5 Å². The fourth-order valence-electron chi connectivity index (χ4n) is 3.51. The van der Waals surface area contributed by atoms with Crippen molar-refractivity contribution in [2.45, 2.75) is 71.9 Å². The maximum absolute atomic E-state index is 12.8. The SMILES string of the molecule is CC(=O)C(C)NC(=O)Cc1cc(F)cc(F)c1.CCC(C)CCCC(c1ccccc1)N(C)C=O. The molecule has 2 aromatic carbocycles. The molecule has 0 fully saturated rings. The number of rotatable bonds is 12. The van der Waals surface area contributed by atoms with Crippen LogP contribution >= 0.6 is 0 Å². The van der Waals surface area contributed by atoms with Crippen molar-refractivity contribution < 1.29 is 23.2 Å². The third-order valence-electron chi connectivity index (χ3n) is 5.99. The van der Waals surface area contributed by atoms with E-state index in [-0.39, 0.29) is 23.8 Å². The fraction of sp³-hybridized carbons (Fsp3) is 0.464. The zero-order valence-electron chi connectivity index (χ0n) is 21.4. The standard InChI is InChI=1S/C16H25NO.C12H13F2NO2/c1-4-14(2)9-8-12-16(17(3)13-18)15-10-6-5-7-11-15;1-7(8(2)16)15-12(17)5-9-3-10(13)6-11(14)4-9/h5-7,10-11,13-14,16H,4,8-9,12H2,1-3H3;3-4,6-7H,5H2,1-2H3,(H,15,17). The van der Waals surface area contributed by atoms with Crippen molar-refractivity contribution in [2.24, 2.45) is 5.92 Å². The lowest BCUT2D eigenvalue weighted by Gasteiger charge is -2.25. The normalized spacial score (nSPS) is 13.0. The molecule has 0 aliphatic rings. The molecule has 2 aromatic rings. The number of nitrogens with zero attached hydrogens (tertiary/aromatic N) is 1.